The summed E-state index contributed by atoms with van der Waals surface area (Å²) in [4.78, 5) is 12.9. The third-order valence-corrected chi connectivity index (χ3v) is 5.58. The van der Waals surface area contributed by atoms with Crippen molar-refractivity contribution in [2.45, 2.75) is 51.5 Å². The van der Waals surface area contributed by atoms with Crippen LogP contribution in [0.5, 0.6) is 0 Å². The number of ether oxygens (including phenoxy) is 1. The van der Waals surface area contributed by atoms with Gasteiger partial charge in [0.15, 0.2) is 0 Å². The minimum Gasteiger partial charge on any atom is -0.379 e. The van der Waals surface area contributed by atoms with Crippen molar-refractivity contribution in [2.24, 2.45) is 7.05 Å². The molecule has 1 aliphatic rings. The van der Waals surface area contributed by atoms with Crippen LogP contribution in [0.1, 0.15) is 42.8 Å². The van der Waals surface area contributed by atoms with Crippen LogP contribution in [-0.4, -0.2) is 34.4 Å². The molecule has 27 heavy (non-hydrogen) atoms. The lowest BCUT2D eigenvalue weighted by Crippen LogP contribution is -2.51. The Kier molecular flexibility index (Phi) is 6.22. The maximum absolute atomic E-state index is 12.9. The molecule has 1 aromatic heterocycles. The highest BCUT2D eigenvalue weighted by atomic mass is 35.5. The highest BCUT2D eigenvalue weighted by Gasteiger charge is 2.36. The van der Waals surface area contributed by atoms with E-state index in [0.717, 1.165) is 53.2 Å². The number of nitrogens with zero attached hydrogens (tertiary/aromatic N) is 2. The monoisotopic (exact) mass is 389 g/mol. The van der Waals surface area contributed by atoms with Crippen LogP contribution in [0.4, 0.5) is 0 Å². The summed E-state index contributed by atoms with van der Waals surface area (Å²) in [5.41, 5.74) is 4.01. The number of aryl methyl sites for hydroxylation is 2. The maximum atomic E-state index is 12.9. The van der Waals surface area contributed by atoms with E-state index in [0.29, 0.717) is 19.6 Å². The van der Waals surface area contributed by atoms with E-state index in [1.165, 1.54) is 0 Å². The quantitative estimate of drug-likeness (QED) is 0.790. The summed E-state index contributed by atoms with van der Waals surface area (Å²) in [5, 5.41) is 8.58. The molecule has 3 rings (SSSR count). The van der Waals surface area contributed by atoms with Crippen LogP contribution in [-0.2, 0) is 42.3 Å². The van der Waals surface area contributed by atoms with Gasteiger partial charge in [-0.05, 0) is 43.4 Å². The number of hydrogen-bond acceptors (Lipinski definition) is 3. The number of carbonyl (C=O) groups is 1. The van der Waals surface area contributed by atoms with Crippen LogP contribution in [0.15, 0.2) is 24.3 Å². The van der Waals surface area contributed by atoms with Crippen molar-refractivity contribution in [1.29, 1.82) is 0 Å². The Morgan fingerprint density at radius 1 is 1.30 bits per heavy atom. The van der Waals surface area contributed by atoms with Gasteiger partial charge < -0.3 is 10.1 Å². The Labute approximate surface area is 166 Å². The number of carbonyl (C=O) groups excluding carboxylic acids is 1. The second kappa shape index (κ2) is 8.44. The van der Waals surface area contributed by atoms with Gasteiger partial charge in [0.25, 0.3) is 0 Å². The fourth-order valence-corrected chi connectivity index (χ4v) is 4.10. The van der Waals surface area contributed by atoms with Gasteiger partial charge in [0, 0.05) is 29.9 Å². The van der Waals surface area contributed by atoms with Crippen molar-refractivity contribution in [3.05, 3.63) is 51.8 Å². The van der Waals surface area contributed by atoms with Crippen molar-refractivity contribution in [2.75, 3.05) is 13.2 Å². The number of amides is 1. The molecule has 0 radical (unpaired) electrons. The smallest absolute Gasteiger partial charge is 0.225 e. The van der Waals surface area contributed by atoms with Gasteiger partial charge in [-0.2, -0.15) is 5.10 Å². The lowest BCUT2D eigenvalue weighted by atomic mass is 9.89. The molecule has 1 aliphatic heterocycles. The van der Waals surface area contributed by atoms with Crippen molar-refractivity contribution in [1.82, 2.24) is 15.1 Å². The standard InChI is InChI=1S/C21H28ClN3O2/c1-4-18-17(19(5-2)25(3)24-18)12-20(26)23-21(10-11-27-14-21)13-15-6-8-16(22)9-7-15/h6-9H,4-5,10-14H2,1-3H3,(H,23,26). The van der Waals surface area contributed by atoms with Gasteiger partial charge in [0.1, 0.15) is 0 Å². The van der Waals surface area contributed by atoms with Crippen molar-refractivity contribution >= 4 is 17.5 Å². The molecule has 0 bridgehead atoms. The molecule has 6 heteroatoms. The van der Waals surface area contributed by atoms with Crippen LogP contribution in [0.2, 0.25) is 5.02 Å². The summed E-state index contributed by atoms with van der Waals surface area (Å²) in [7, 11) is 1.95. The lowest BCUT2D eigenvalue weighted by Gasteiger charge is -2.29. The number of aromatic nitrogens is 2. The van der Waals surface area contributed by atoms with Crippen LogP contribution in [0.3, 0.4) is 0 Å². The zero-order chi connectivity index (χ0) is 19.4. The maximum Gasteiger partial charge on any atom is 0.225 e. The SMILES string of the molecule is CCc1nn(C)c(CC)c1CC(=O)NC1(Cc2ccc(Cl)cc2)CCOC1. The minimum atomic E-state index is -0.355. The van der Waals surface area contributed by atoms with E-state index in [-0.39, 0.29) is 11.4 Å². The molecule has 1 atom stereocenters. The number of benzene rings is 1. The largest absolute Gasteiger partial charge is 0.379 e. The molecule has 1 fully saturated rings. The predicted molar refractivity (Wildman–Crippen MR) is 107 cm³/mol. The van der Waals surface area contributed by atoms with Crippen molar-refractivity contribution in [3.8, 4) is 0 Å². The third kappa shape index (κ3) is 4.53. The molecule has 1 unspecified atom stereocenters. The van der Waals surface area contributed by atoms with Gasteiger partial charge in [-0.3, -0.25) is 9.48 Å². The van der Waals surface area contributed by atoms with E-state index in [4.69, 9.17) is 16.3 Å². The Balaban J connectivity index is 1.75. The summed E-state index contributed by atoms with van der Waals surface area (Å²) < 4.78 is 7.55. The predicted octanol–water partition coefficient (Wildman–Crippen LogP) is 3.26. The third-order valence-electron chi connectivity index (χ3n) is 5.33. The molecular weight excluding hydrogens is 362 g/mol. The van der Waals surface area contributed by atoms with Gasteiger partial charge in [-0.1, -0.05) is 37.6 Å². The Morgan fingerprint density at radius 3 is 2.63 bits per heavy atom. The molecule has 2 aromatic rings. The van der Waals surface area contributed by atoms with Crippen molar-refractivity contribution < 1.29 is 9.53 Å². The molecule has 0 spiro atoms. The number of rotatable bonds is 7. The molecule has 146 valence electrons. The first-order valence-electron chi connectivity index (χ1n) is 9.63. The first kappa shape index (κ1) is 19.9. The minimum absolute atomic E-state index is 0.0341. The molecule has 1 N–H and O–H groups in total. The average Bonchev–Trinajstić information content (AvgIpc) is 3.21. The molecule has 1 aromatic carbocycles. The Hall–Kier alpha value is -1.85. The fraction of sp³-hybridized carbons (Fsp3) is 0.524. The highest BCUT2D eigenvalue weighted by molar-refractivity contribution is 6.30. The molecule has 1 amide bonds. The summed E-state index contributed by atoms with van der Waals surface area (Å²) >= 11 is 5.99. The number of nitrogens with one attached hydrogen (secondary N) is 1. The number of halogens is 1. The van der Waals surface area contributed by atoms with E-state index < -0.39 is 0 Å². The average molecular weight is 390 g/mol. The lowest BCUT2D eigenvalue weighted by molar-refractivity contribution is -0.122. The Bertz CT molecular complexity index is 793. The van der Waals surface area contributed by atoms with E-state index in [1.807, 2.05) is 36.0 Å². The normalized spacial score (nSPS) is 19.4. The zero-order valence-corrected chi connectivity index (χ0v) is 17.1. The van der Waals surface area contributed by atoms with E-state index in [1.54, 1.807) is 0 Å². The summed E-state index contributed by atoms with van der Waals surface area (Å²) in [5.74, 6) is 0.0341. The molecule has 0 saturated carbocycles. The first-order valence-corrected chi connectivity index (χ1v) is 10.0. The van der Waals surface area contributed by atoms with E-state index in [2.05, 4.69) is 24.3 Å². The van der Waals surface area contributed by atoms with Crippen LogP contribution >= 0.6 is 11.6 Å². The molecule has 1 saturated heterocycles. The van der Waals surface area contributed by atoms with Gasteiger partial charge in [0.05, 0.1) is 24.3 Å². The summed E-state index contributed by atoms with van der Waals surface area (Å²) in [6.07, 6.45) is 3.61. The van der Waals surface area contributed by atoms with Gasteiger partial charge >= 0.3 is 0 Å². The number of hydrogen-bond donors (Lipinski definition) is 1. The second-order valence-corrected chi connectivity index (χ2v) is 7.75. The van der Waals surface area contributed by atoms with E-state index >= 15 is 0 Å². The summed E-state index contributed by atoms with van der Waals surface area (Å²) in [6.45, 7) is 5.39. The molecule has 0 aliphatic carbocycles. The zero-order valence-electron chi connectivity index (χ0n) is 16.3. The van der Waals surface area contributed by atoms with Crippen LogP contribution in [0.25, 0.3) is 0 Å². The molecule has 2 heterocycles. The van der Waals surface area contributed by atoms with Crippen LogP contribution in [0, 0.1) is 0 Å². The van der Waals surface area contributed by atoms with Gasteiger partial charge in [-0.25, -0.2) is 0 Å². The molecule has 5 nitrogen and oxygen atoms in total. The topological polar surface area (TPSA) is 56.2 Å². The first-order chi connectivity index (χ1) is 13.0. The summed E-state index contributed by atoms with van der Waals surface area (Å²) in [6, 6.07) is 7.80. The highest BCUT2D eigenvalue weighted by Crippen LogP contribution is 2.25. The second-order valence-electron chi connectivity index (χ2n) is 7.31. The van der Waals surface area contributed by atoms with E-state index in [9.17, 15) is 4.79 Å². The van der Waals surface area contributed by atoms with Gasteiger partial charge in [0.2, 0.25) is 5.91 Å². The van der Waals surface area contributed by atoms with Gasteiger partial charge in [-0.15, -0.1) is 0 Å². The fourth-order valence-electron chi connectivity index (χ4n) is 3.98. The van der Waals surface area contributed by atoms with Crippen LogP contribution < -0.4 is 5.32 Å². The Morgan fingerprint density at radius 2 is 2.04 bits per heavy atom. The van der Waals surface area contributed by atoms with Crippen molar-refractivity contribution in [3.63, 3.8) is 0 Å². The molecular formula is C21H28ClN3O2.